The molecule has 29 heavy (non-hydrogen) atoms. The Balaban J connectivity index is 1.63. The second-order valence-electron chi connectivity index (χ2n) is 7.71. The van der Waals surface area contributed by atoms with Crippen molar-refractivity contribution in [2.45, 2.75) is 61.5 Å². The number of nitrogens with zero attached hydrogens (tertiary/aromatic N) is 1. The van der Waals surface area contributed by atoms with Gasteiger partial charge in [0.15, 0.2) is 0 Å². The Labute approximate surface area is 178 Å². The second-order valence-corrected chi connectivity index (χ2v) is 11.1. The molecule has 162 valence electrons. The molecule has 0 radical (unpaired) electrons. The van der Waals surface area contributed by atoms with Crippen molar-refractivity contribution in [3.8, 4) is 5.75 Å². The summed E-state index contributed by atoms with van der Waals surface area (Å²) in [6.07, 6.45) is 9.29. The number of sulfonamides is 1. The summed E-state index contributed by atoms with van der Waals surface area (Å²) >= 11 is 1.92. The lowest BCUT2D eigenvalue weighted by molar-refractivity contribution is 0.0953. The number of piperidine rings is 1. The maximum absolute atomic E-state index is 12.9. The normalized spacial score (nSPS) is 19.1. The minimum absolute atomic E-state index is 0.155. The van der Waals surface area contributed by atoms with E-state index in [2.05, 4.69) is 5.32 Å². The molecule has 0 aromatic heterocycles. The largest absolute Gasteiger partial charge is 0.496 e. The number of ether oxygens (including phenoxy) is 1. The van der Waals surface area contributed by atoms with Crippen molar-refractivity contribution in [2.75, 3.05) is 32.5 Å². The van der Waals surface area contributed by atoms with Crippen LogP contribution in [0.3, 0.4) is 0 Å². The lowest BCUT2D eigenvalue weighted by Crippen LogP contribution is -2.35. The quantitative estimate of drug-likeness (QED) is 0.624. The Morgan fingerprint density at radius 1 is 1.14 bits per heavy atom. The molecule has 1 saturated carbocycles. The molecule has 8 heteroatoms. The average Bonchev–Trinajstić information content (AvgIpc) is 2.77. The molecule has 1 aromatic rings. The zero-order valence-electron chi connectivity index (χ0n) is 17.2. The average molecular weight is 441 g/mol. The first kappa shape index (κ1) is 22.4. The fourth-order valence-electron chi connectivity index (χ4n) is 4.00. The number of amides is 1. The third kappa shape index (κ3) is 5.89. The van der Waals surface area contributed by atoms with Crippen LogP contribution < -0.4 is 10.1 Å². The Kier molecular flexibility index (Phi) is 8.26. The highest BCUT2D eigenvalue weighted by Gasteiger charge is 2.27. The van der Waals surface area contributed by atoms with Crippen LogP contribution >= 0.6 is 11.8 Å². The Morgan fingerprint density at radius 2 is 1.83 bits per heavy atom. The summed E-state index contributed by atoms with van der Waals surface area (Å²) < 4.78 is 32.7. The number of hydrogen-bond acceptors (Lipinski definition) is 5. The Bertz CT molecular complexity index is 786. The summed E-state index contributed by atoms with van der Waals surface area (Å²) in [7, 11) is -2.10. The van der Waals surface area contributed by atoms with Crippen molar-refractivity contribution in [2.24, 2.45) is 0 Å². The van der Waals surface area contributed by atoms with Crippen LogP contribution in [-0.2, 0) is 10.0 Å². The third-order valence-corrected chi connectivity index (χ3v) is 8.94. The molecule has 1 saturated heterocycles. The molecule has 1 aliphatic carbocycles. The topological polar surface area (TPSA) is 75.7 Å². The molecule has 0 spiro atoms. The van der Waals surface area contributed by atoms with Crippen molar-refractivity contribution in [1.29, 1.82) is 0 Å². The van der Waals surface area contributed by atoms with Crippen LogP contribution in [0, 0.1) is 0 Å². The van der Waals surface area contributed by atoms with Crippen LogP contribution in [0.2, 0.25) is 0 Å². The van der Waals surface area contributed by atoms with E-state index in [0.717, 1.165) is 25.0 Å². The molecule has 1 amide bonds. The van der Waals surface area contributed by atoms with Gasteiger partial charge in [-0.2, -0.15) is 16.1 Å². The van der Waals surface area contributed by atoms with Crippen LogP contribution in [0.4, 0.5) is 0 Å². The number of thioether (sulfide) groups is 1. The predicted molar refractivity (Wildman–Crippen MR) is 117 cm³/mol. The van der Waals surface area contributed by atoms with Crippen molar-refractivity contribution in [1.82, 2.24) is 9.62 Å². The first-order valence-electron chi connectivity index (χ1n) is 10.6. The standard InChI is InChI=1S/C21H32N2O4S2/c1-27-20-11-10-18(29(25,26)23-13-6-3-7-14-23)16-19(20)21(24)22-12-15-28-17-8-4-2-5-9-17/h10-11,16-17H,2-9,12-15H2,1H3,(H,22,24). The highest BCUT2D eigenvalue weighted by atomic mass is 32.2. The molecule has 2 fully saturated rings. The monoisotopic (exact) mass is 440 g/mol. The van der Waals surface area contributed by atoms with E-state index in [9.17, 15) is 13.2 Å². The van der Waals surface area contributed by atoms with E-state index >= 15 is 0 Å². The molecule has 0 atom stereocenters. The van der Waals surface area contributed by atoms with Gasteiger partial charge in [-0.3, -0.25) is 4.79 Å². The van der Waals surface area contributed by atoms with E-state index in [1.807, 2.05) is 11.8 Å². The summed E-state index contributed by atoms with van der Waals surface area (Å²) in [6.45, 7) is 1.63. The minimum Gasteiger partial charge on any atom is -0.496 e. The van der Waals surface area contributed by atoms with Gasteiger partial charge in [0.2, 0.25) is 10.0 Å². The Hall–Kier alpha value is -1.25. The van der Waals surface area contributed by atoms with E-state index in [-0.39, 0.29) is 16.4 Å². The maximum atomic E-state index is 12.9. The number of benzene rings is 1. The van der Waals surface area contributed by atoms with Gasteiger partial charge in [-0.05, 0) is 43.9 Å². The van der Waals surface area contributed by atoms with E-state index in [4.69, 9.17) is 4.74 Å². The Morgan fingerprint density at radius 3 is 2.52 bits per heavy atom. The van der Waals surface area contributed by atoms with E-state index in [1.165, 1.54) is 55.7 Å². The maximum Gasteiger partial charge on any atom is 0.255 e. The van der Waals surface area contributed by atoms with E-state index < -0.39 is 10.0 Å². The molecular weight excluding hydrogens is 408 g/mol. The van der Waals surface area contributed by atoms with E-state index in [0.29, 0.717) is 30.6 Å². The van der Waals surface area contributed by atoms with Crippen LogP contribution in [0.1, 0.15) is 61.7 Å². The van der Waals surface area contributed by atoms with Crippen molar-refractivity contribution in [3.05, 3.63) is 23.8 Å². The molecule has 0 bridgehead atoms. The molecule has 3 rings (SSSR count). The van der Waals surface area contributed by atoms with Gasteiger partial charge in [0.25, 0.3) is 5.91 Å². The van der Waals surface area contributed by atoms with Gasteiger partial charge in [-0.25, -0.2) is 8.42 Å². The summed E-state index contributed by atoms with van der Waals surface area (Å²) in [5.41, 5.74) is 0.272. The first-order chi connectivity index (χ1) is 14.0. The fourth-order valence-corrected chi connectivity index (χ4v) is 6.76. The molecular formula is C21H32N2O4S2. The number of hydrogen-bond donors (Lipinski definition) is 1. The van der Waals surface area contributed by atoms with Gasteiger partial charge >= 0.3 is 0 Å². The van der Waals surface area contributed by atoms with Gasteiger partial charge in [0, 0.05) is 30.6 Å². The van der Waals surface area contributed by atoms with Gasteiger partial charge < -0.3 is 10.1 Å². The summed E-state index contributed by atoms with van der Waals surface area (Å²) in [4.78, 5) is 12.9. The van der Waals surface area contributed by atoms with Crippen LogP contribution in [-0.4, -0.2) is 56.4 Å². The van der Waals surface area contributed by atoms with Crippen LogP contribution in [0.5, 0.6) is 5.75 Å². The number of nitrogens with one attached hydrogen (secondary N) is 1. The summed E-state index contributed by atoms with van der Waals surface area (Å²) in [6, 6.07) is 4.55. The molecule has 1 aromatic carbocycles. The number of rotatable bonds is 8. The third-order valence-electron chi connectivity index (χ3n) is 5.66. The van der Waals surface area contributed by atoms with Crippen molar-refractivity contribution >= 4 is 27.7 Å². The van der Waals surface area contributed by atoms with E-state index in [1.54, 1.807) is 6.07 Å². The molecule has 0 unspecified atom stereocenters. The van der Waals surface area contributed by atoms with Gasteiger partial charge in [-0.15, -0.1) is 0 Å². The lowest BCUT2D eigenvalue weighted by Gasteiger charge is -2.26. The molecule has 1 aliphatic heterocycles. The zero-order chi connectivity index (χ0) is 20.7. The minimum atomic E-state index is -3.59. The molecule has 2 aliphatic rings. The van der Waals surface area contributed by atoms with Gasteiger partial charge in [-0.1, -0.05) is 25.7 Å². The highest BCUT2D eigenvalue weighted by Crippen LogP contribution is 2.28. The summed E-state index contributed by atoms with van der Waals surface area (Å²) in [5, 5.41) is 3.63. The van der Waals surface area contributed by atoms with Crippen molar-refractivity contribution < 1.29 is 17.9 Å². The highest BCUT2D eigenvalue weighted by molar-refractivity contribution is 7.99. The SMILES string of the molecule is COc1ccc(S(=O)(=O)N2CCCCC2)cc1C(=O)NCCSC1CCCCC1. The molecule has 1 heterocycles. The first-order valence-corrected chi connectivity index (χ1v) is 13.1. The van der Waals surface area contributed by atoms with Crippen LogP contribution in [0.25, 0.3) is 0 Å². The smallest absolute Gasteiger partial charge is 0.255 e. The zero-order valence-corrected chi connectivity index (χ0v) is 18.8. The van der Waals surface area contributed by atoms with Crippen LogP contribution in [0.15, 0.2) is 23.1 Å². The lowest BCUT2D eigenvalue weighted by atomic mass is 10.0. The van der Waals surface area contributed by atoms with Gasteiger partial charge in [0.1, 0.15) is 5.75 Å². The fraction of sp³-hybridized carbons (Fsp3) is 0.667. The molecule has 1 N–H and O–H groups in total. The number of carbonyl (C=O) groups is 1. The summed E-state index contributed by atoms with van der Waals surface area (Å²) in [5.74, 6) is 0.964. The predicted octanol–water partition coefficient (Wildman–Crippen LogP) is 3.67. The van der Waals surface area contributed by atoms with Crippen molar-refractivity contribution in [3.63, 3.8) is 0 Å². The number of methoxy groups -OCH3 is 1. The molecule has 6 nitrogen and oxygen atoms in total. The number of carbonyl (C=O) groups excluding carboxylic acids is 1. The second kappa shape index (κ2) is 10.7. The van der Waals surface area contributed by atoms with Gasteiger partial charge in [0.05, 0.1) is 17.6 Å².